The highest BCUT2D eigenvalue weighted by Gasteiger charge is 2.34. The van der Waals surface area contributed by atoms with E-state index >= 15 is 0 Å². The molecular formula is C20H23N2O4P. The summed E-state index contributed by atoms with van der Waals surface area (Å²) in [5.74, 6) is 0.734. The fourth-order valence-corrected chi connectivity index (χ4v) is 3.84. The van der Waals surface area contributed by atoms with E-state index < -0.39 is 7.60 Å². The Balaban J connectivity index is 1.93. The van der Waals surface area contributed by atoms with Crippen molar-refractivity contribution in [1.29, 1.82) is 0 Å². The summed E-state index contributed by atoms with van der Waals surface area (Å²) >= 11 is 0. The van der Waals surface area contributed by atoms with E-state index in [0.29, 0.717) is 18.2 Å². The van der Waals surface area contributed by atoms with Crippen LogP contribution in [0.2, 0.25) is 0 Å². The summed E-state index contributed by atoms with van der Waals surface area (Å²) in [5.41, 5.74) is 2.26. The number of rotatable bonds is 8. The fourth-order valence-electron chi connectivity index (χ4n) is 2.75. The van der Waals surface area contributed by atoms with E-state index in [1.807, 2.05) is 67.6 Å². The molecule has 27 heavy (non-hydrogen) atoms. The molecule has 0 radical (unpaired) electrons. The van der Waals surface area contributed by atoms with Gasteiger partial charge in [-0.3, -0.25) is 4.57 Å². The smallest absolute Gasteiger partial charge is 0.384 e. The molecule has 0 saturated heterocycles. The van der Waals surface area contributed by atoms with Gasteiger partial charge in [0.1, 0.15) is 0 Å². The second-order valence-corrected chi connectivity index (χ2v) is 8.21. The third-order valence-electron chi connectivity index (χ3n) is 4.24. The van der Waals surface area contributed by atoms with Gasteiger partial charge in [0.15, 0.2) is 0 Å². The van der Waals surface area contributed by atoms with Crippen molar-refractivity contribution in [3.05, 3.63) is 77.7 Å². The second kappa shape index (κ2) is 8.53. The molecule has 3 rings (SSSR count). The number of oxazole rings is 1. The molecule has 6 nitrogen and oxygen atoms in total. The van der Waals surface area contributed by atoms with Crippen molar-refractivity contribution < 1.29 is 18.0 Å². The topological polar surface area (TPSA) is 73.6 Å². The van der Waals surface area contributed by atoms with Crippen LogP contribution in [0.1, 0.15) is 30.0 Å². The van der Waals surface area contributed by atoms with Gasteiger partial charge < -0.3 is 18.8 Å². The lowest BCUT2D eigenvalue weighted by atomic mass is 10.1. The van der Waals surface area contributed by atoms with E-state index in [2.05, 4.69) is 10.3 Å². The highest BCUT2D eigenvalue weighted by molar-refractivity contribution is 7.62. The monoisotopic (exact) mass is 386 g/mol. The molecule has 0 spiro atoms. The first-order valence-corrected chi connectivity index (χ1v) is 10.2. The van der Waals surface area contributed by atoms with E-state index in [1.54, 1.807) is 0 Å². The summed E-state index contributed by atoms with van der Waals surface area (Å²) in [7, 11) is -0.903. The van der Waals surface area contributed by atoms with Gasteiger partial charge in [0.2, 0.25) is 17.2 Å². The summed E-state index contributed by atoms with van der Waals surface area (Å²) in [6.45, 7) is 1.99. The molecule has 0 bridgehead atoms. The molecule has 1 aromatic heterocycles. The predicted octanol–water partition coefficient (Wildman–Crippen LogP) is 4.55. The third kappa shape index (κ3) is 4.48. The second-order valence-electron chi connectivity index (χ2n) is 6.06. The van der Waals surface area contributed by atoms with Crippen molar-refractivity contribution in [2.45, 2.75) is 19.4 Å². The number of aromatic nitrogens is 1. The molecular weight excluding hydrogens is 363 g/mol. The summed E-state index contributed by atoms with van der Waals surface area (Å²) in [6.07, 6.45) is 0.475. The van der Waals surface area contributed by atoms with Crippen molar-refractivity contribution in [2.24, 2.45) is 0 Å². The predicted molar refractivity (Wildman–Crippen MR) is 105 cm³/mol. The molecule has 0 aliphatic carbocycles. The van der Waals surface area contributed by atoms with Crippen LogP contribution in [0.15, 0.2) is 65.1 Å². The van der Waals surface area contributed by atoms with Crippen LogP contribution in [0.3, 0.4) is 0 Å². The van der Waals surface area contributed by atoms with E-state index in [4.69, 9.17) is 13.5 Å². The van der Waals surface area contributed by atoms with Gasteiger partial charge in [-0.05, 0) is 18.1 Å². The molecule has 1 atom stereocenters. The Hall–Kier alpha value is -2.40. The molecule has 0 saturated carbocycles. The minimum absolute atomic E-state index is 0.0790. The lowest BCUT2D eigenvalue weighted by Gasteiger charge is -2.16. The number of nitrogens with zero attached hydrogens (tertiary/aromatic N) is 1. The minimum atomic E-state index is -3.57. The lowest BCUT2D eigenvalue weighted by Crippen LogP contribution is -2.17. The van der Waals surface area contributed by atoms with Crippen LogP contribution in [-0.4, -0.2) is 19.2 Å². The first-order valence-electron chi connectivity index (χ1n) is 8.63. The number of hydrogen-bond donors (Lipinski definition) is 1. The molecule has 1 N–H and O–H groups in total. The van der Waals surface area contributed by atoms with Crippen LogP contribution in [0.5, 0.6) is 0 Å². The average molecular weight is 386 g/mol. The number of anilines is 1. The van der Waals surface area contributed by atoms with Gasteiger partial charge in [0.25, 0.3) is 0 Å². The Morgan fingerprint density at radius 3 is 2.22 bits per heavy atom. The zero-order valence-corrected chi connectivity index (χ0v) is 16.5. The van der Waals surface area contributed by atoms with Crippen molar-refractivity contribution in [1.82, 2.24) is 4.98 Å². The van der Waals surface area contributed by atoms with Gasteiger partial charge in [0.05, 0.1) is 6.04 Å². The minimum Gasteiger partial charge on any atom is -0.424 e. The van der Waals surface area contributed by atoms with Crippen molar-refractivity contribution in [3.8, 4) is 0 Å². The Labute approximate surface area is 159 Å². The van der Waals surface area contributed by atoms with Gasteiger partial charge >= 0.3 is 7.60 Å². The Morgan fingerprint density at radius 2 is 1.63 bits per heavy atom. The van der Waals surface area contributed by atoms with E-state index in [0.717, 1.165) is 11.1 Å². The van der Waals surface area contributed by atoms with Crippen molar-refractivity contribution >= 4 is 18.9 Å². The molecule has 0 aliphatic rings. The summed E-state index contributed by atoms with van der Waals surface area (Å²) < 4.78 is 29.1. The normalized spacial score (nSPS) is 12.7. The largest absolute Gasteiger partial charge is 0.424 e. The molecule has 0 amide bonds. The van der Waals surface area contributed by atoms with Crippen LogP contribution >= 0.6 is 7.60 Å². The third-order valence-corrected chi connectivity index (χ3v) is 6.02. The first-order chi connectivity index (χ1) is 13.1. The van der Waals surface area contributed by atoms with Crippen LogP contribution in [0, 0.1) is 0 Å². The van der Waals surface area contributed by atoms with E-state index in [1.165, 1.54) is 14.2 Å². The van der Waals surface area contributed by atoms with Gasteiger partial charge in [-0.1, -0.05) is 60.7 Å². The molecule has 2 aromatic carbocycles. The molecule has 7 heteroatoms. The standard InChI is InChI=1S/C20H23N2O4P/c1-15(17-12-8-5-9-13-17)21-19-20(27(23,24-2)25-3)22-18(26-19)14-16-10-6-4-7-11-16/h4-13,15,21H,14H2,1-3H3. The summed E-state index contributed by atoms with van der Waals surface area (Å²) in [4.78, 5) is 4.42. The number of hydrogen-bond acceptors (Lipinski definition) is 6. The summed E-state index contributed by atoms with van der Waals surface area (Å²) in [6, 6.07) is 19.6. The SMILES string of the molecule is COP(=O)(OC)c1nc(Cc2ccccc2)oc1NC(C)c1ccccc1. The van der Waals surface area contributed by atoms with E-state index in [-0.39, 0.29) is 11.5 Å². The van der Waals surface area contributed by atoms with Crippen LogP contribution in [0.4, 0.5) is 5.88 Å². The average Bonchev–Trinajstić information content (AvgIpc) is 3.11. The molecule has 1 unspecified atom stereocenters. The van der Waals surface area contributed by atoms with Crippen molar-refractivity contribution in [3.63, 3.8) is 0 Å². The maximum Gasteiger partial charge on any atom is 0.384 e. The molecule has 142 valence electrons. The maximum absolute atomic E-state index is 12.9. The quantitative estimate of drug-likeness (QED) is 0.573. The van der Waals surface area contributed by atoms with Crippen LogP contribution in [0.25, 0.3) is 0 Å². The first kappa shape index (κ1) is 19.4. The number of benzene rings is 2. The van der Waals surface area contributed by atoms with Gasteiger partial charge in [-0.25, -0.2) is 4.98 Å². The van der Waals surface area contributed by atoms with Crippen molar-refractivity contribution in [2.75, 3.05) is 19.5 Å². The molecule has 0 aliphatic heterocycles. The Bertz CT molecular complexity index is 904. The Morgan fingerprint density at radius 1 is 1.04 bits per heavy atom. The maximum atomic E-state index is 12.9. The molecule has 0 fully saturated rings. The zero-order chi connectivity index (χ0) is 19.3. The number of nitrogens with one attached hydrogen (secondary N) is 1. The van der Waals surface area contributed by atoms with Gasteiger partial charge in [-0.2, -0.15) is 0 Å². The fraction of sp³-hybridized carbons (Fsp3) is 0.250. The highest BCUT2D eigenvalue weighted by atomic mass is 31.2. The van der Waals surface area contributed by atoms with Crippen LogP contribution < -0.4 is 10.8 Å². The van der Waals surface area contributed by atoms with E-state index in [9.17, 15) is 4.57 Å². The van der Waals surface area contributed by atoms with Gasteiger partial charge in [0, 0.05) is 20.6 Å². The van der Waals surface area contributed by atoms with Gasteiger partial charge in [-0.15, -0.1) is 0 Å². The lowest BCUT2D eigenvalue weighted by molar-refractivity contribution is 0.286. The van der Waals surface area contributed by atoms with Crippen LogP contribution in [-0.2, 0) is 20.0 Å². The Kier molecular flexibility index (Phi) is 6.11. The highest BCUT2D eigenvalue weighted by Crippen LogP contribution is 2.47. The summed E-state index contributed by atoms with van der Waals surface area (Å²) in [5, 5.41) is 3.25. The zero-order valence-electron chi connectivity index (χ0n) is 15.6. The molecule has 1 heterocycles. The molecule has 3 aromatic rings.